The summed E-state index contributed by atoms with van der Waals surface area (Å²) in [7, 11) is 0. The molecule has 0 fully saturated rings. The third kappa shape index (κ3) is 3.47. The highest BCUT2D eigenvalue weighted by Crippen LogP contribution is 2.16. The summed E-state index contributed by atoms with van der Waals surface area (Å²) in [6.45, 7) is 4.18. The van der Waals surface area contributed by atoms with Crippen molar-refractivity contribution in [2.75, 3.05) is 5.75 Å². The molecule has 0 amide bonds. The summed E-state index contributed by atoms with van der Waals surface area (Å²) < 4.78 is 5.29. The number of rotatable bonds is 4. The Hall–Kier alpha value is -1.02. The Kier molecular flexibility index (Phi) is 3.77. The Morgan fingerprint density at radius 1 is 1.54 bits per heavy atom. The Balaban J connectivity index is 2.49. The zero-order valence-corrected chi connectivity index (χ0v) is 8.47. The summed E-state index contributed by atoms with van der Waals surface area (Å²) in [6.07, 6.45) is 0.792. The fourth-order valence-corrected chi connectivity index (χ4v) is 1.26. The van der Waals surface area contributed by atoms with Crippen LogP contribution in [0.5, 0.6) is 0 Å². The summed E-state index contributed by atoms with van der Waals surface area (Å²) in [5.41, 5.74) is 0. The molecule has 0 saturated heterocycles. The molecule has 5 heteroatoms. The Morgan fingerprint density at radius 2 is 2.31 bits per heavy atom. The van der Waals surface area contributed by atoms with Crippen LogP contribution in [0.3, 0.4) is 0 Å². The van der Waals surface area contributed by atoms with Gasteiger partial charge in [-0.25, -0.2) is 0 Å². The second kappa shape index (κ2) is 4.87. The SMILES string of the molecule is CC(C)Cc1nnc(SCC#N)o1. The zero-order chi connectivity index (χ0) is 9.68. The van der Waals surface area contributed by atoms with E-state index in [0.717, 1.165) is 6.42 Å². The van der Waals surface area contributed by atoms with Crippen LogP contribution in [0.15, 0.2) is 9.64 Å². The van der Waals surface area contributed by atoms with Crippen LogP contribution in [0.1, 0.15) is 19.7 Å². The molecule has 0 aliphatic carbocycles. The van der Waals surface area contributed by atoms with Crippen molar-refractivity contribution in [3.63, 3.8) is 0 Å². The minimum Gasteiger partial charge on any atom is -0.416 e. The van der Waals surface area contributed by atoms with E-state index in [1.54, 1.807) is 0 Å². The molecule has 13 heavy (non-hydrogen) atoms. The van der Waals surface area contributed by atoms with Crippen molar-refractivity contribution in [1.82, 2.24) is 10.2 Å². The number of hydrogen-bond donors (Lipinski definition) is 0. The maximum Gasteiger partial charge on any atom is 0.277 e. The Bertz CT molecular complexity index is 303. The van der Waals surface area contributed by atoms with Crippen molar-refractivity contribution < 1.29 is 4.42 Å². The van der Waals surface area contributed by atoms with E-state index >= 15 is 0 Å². The van der Waals surface area contributed by atoms with Gasteiger partial charge in [0, 0.05) is 6.42 Å². The number of nitriles is 1. The van der Waals surface area contributed by atoms with E-state index in [-0.39, 0.29) is 0 Å². The van der Waals surface area contributed by atoms with Crippen LogP contribution in [0, 0.1) is 17.2 Å². The predicted molar refractivity (Wildman–Crippen MR) is 49.2 cm³/mol. The first-order valence-corrected chi connectivity index (χ1v) is 5.03. The van der Waals surface area contributed by atoms with E-state index in [2.05, 4.69) is 24.0 Å². The average molecular weight is 197 g/mol. The van der Waals surface area contributed by atoms with Gasteiger partial charge in [0.05, 0.1) is 11.8 Å². The molecule has 0 unspecified atom stereocenters. The van der Waals surface area contributed by atoms with Crippen molar-refractivity contribution in [2.45, 2.75) is 25.5 Å². The number of hydrogen-bond acceptors (Lipinski definition) is 5. The van der Waals surface area contributed by atoms with Gasteiger partial charge < -0.3 is 4.42 Å². The van der Waals surface area contributed by atoms with Crippen LogP contribution in [0.4, 0.5) is 0 Å². The second-order valence-corrected chi connectivity index (χ2v) is 3.93. The van der Waals surface area contributed by atoms with Gasteiger partial charge in [-0.2, -0.15) is 5.26 Å². The molecule has 0 atom stereocenters. The molecule has 0 N–H and O–H groups in total. The highest BCUT2D eigenvalue weighted by molar-refractivity contribution is 7.99. The largest absolute Gasteiger partial charge is 0.416 e. The molecule has 1 aromatic heterocycles. The van der Waals surface area contributed by atoms with Gasteiger partial charge in [-0.1, -0.05) is 25.6 Å². The van der Waals surface area contributed by atoms with Gasteiger partial charge in [-0.05, 0) is 5.92 Å². The van der Waals surface area contributed by atoms with Gasteiger partial charge >= 0.3 is 0 Å². The normalized spacial score (nSPS) is 10.3. The molecule has 0 aliphatic heterocycles. The minimum atomic E-state index is 0.351. The molecule has 0 radical (unpaired) electrons. The Morgan fingerprint density at radius 3 is 2.92 bits per heavy atom. The lowest BCUT2D eigenvalue weighted by Crippen LogP contribution is -1.93. The summed E-state index contributed by atoms with van der Waals surface area (Å²) in [4.78, 5) is 0. The van der Waals surface area contributed by atoms with E-state index in [0.29, 0.717) is 22.8 Å². The van der Waals surface area contributed by atoms with Gasteiger partial charge in [0.1, 0.15) is 0 Å². The highest BCUT2D eigenvalue weighted by Gasteiger charge is 2.07. The molecular formula is C8H11N3OS. The van der Waals surface area contributed by atoms with E-state index in [1.165, 1.54) is 11.8 Å². The quantitative estimate of drug-likeness (QED) is 0.689. The highest BCUT2D eigenvalue weighted by atomic mass is 32.2. The first kappa shape index (κ1) is 10.1. The van der Waals surface area contributed by atoms with Crippen LogP contribution in [0.25, 0.3) is 0 Å². The third-order valence-corrected chi connectivity index (χ3v) is 1.98. The third-order valence-electron chi connectivity index (χ3n) is 1.29. The van der Waals surface area contributed by atoms with Gasteiger partial charge in [0.15, 0.2) is 0 Å². The van der Waals surface area contributed by atoms with E-state index < -0.39 is 0 Å². The summed E-state index contributed by atoms with van der Waals surface area (Å²) >= 11 is 1.27. The number of aromatic nitrogens is 2. The van der Waals surface area contributed by atoms with Gasteiger partial charge in [0.2, 0.25) is 5.89 Å². The van der Waals surface area contributed by atoms with Gasteiger partial charge in [-0.3, -0.25) is 0 Å². The van der Waals surface area contributed by atoms with E-state index in [9.17, 15) is 0 Å². The summed E-state index contributed by atoms with van der Waals surface area (Å²) in [5, 5.41) is 16.5. The smallest absolute Gasteiger partial charge is 0.277 e. The fourth-order valence-electron chi connectivity index (χ4n) is 0.822. The predicted octanol–water partition coefficient (Wildman–Crippen LogP) is 1.88. The lowest BCUT2D eigenvalue weighted by Gasteiger charge is -1.96. The molecule has 0 saturated carbocycles. The average Bonchev–Trinajstić information content (AvgIpc) is 2.48. The standard InChI is InChI=1S/C8H11N3OS/c1-6(2)5-7-10-11-8(12-7)13-4-3-9/h6H,4-5H2,1-2H3. The Labute approximate surface area is 81.3 Å². The molecule has 0 aromatic carbocycles. The lowest BCUT2D eigenvalue weighted by atomic mass is 10.1. The van der Waals surface area contributed by atoms with Crippen LogP contribution < -0.4 is 0 Å². The maximum atomic E-state index is 8.32. The van der Waals surface area contributed by atoms with Crippen molar-refractivity contribution >= 4 is 11.8 Å². The van der Waals surface area contributed by atoms with Crippen molar-refractivity contribution in [2.24, 2.45) is 5.92 Å². The fraction of sp³-hybridized carbons (Fsp3) is 0.625. The summed E-state index contributed by atoms with van der Waals surface area (Å²) in [5.74, 6) is 1.51. The van der Waals surface area contributed by atoms with Crippen LogP contribution >= 0.6 is 11.8 Å². The van der Waals surface area contributed by atoms with Crippen LogP contribution in [0.2, 0.25) is 0 Å². The zero-order valence-electron chi connectivity index (χ0n) is 7.65. The first-order valence-electron chi connectivity index (χ1n) is 4.04. The van der Waals surface area contributed by atoms with Crippen molar-refractivity contribution in [3.8, 4) is 6.07 Å². The van der Waals surface area contributed by atoms with Crippen LogP contribution in [-0.4, -0.2) is 16.0 Å². The molecule has 1 rings (SSSR count). The van der Waals surface area contributed by atoms with Crippen LogP contribution in [-0.2, 0) is 6.42 Å². The molecular weight excluding hydrogens is 186 g/mol. The van der Waals surface area contributed by atoms with Crippen molar-refractivity contribution in [1.29, 1.82) is 5.26 Å². The molecule has 0 bridgehead atoms. The monoisotopic (exact) mass is 197 g/mol. The van der Waals surface area contributed by atoms with Crippen molar-refractivity contribution in [3.05, 3.63) is 5.89 Å². The molecule has 1 heterocycles. The lowest BCUT2D eigenvalue weighted by molar-refractivity contribution is 0.394. The van der Waals surface area contributed by atoms with Gasteiger partial charge in [0.25, 0.3) is 5.22 Å². The molecule has 0 aliphatic rings. The topological polar surface area (TPSA) is 62.7 Å². The molecule has 1 aromatic rings. The number of thioether (sulfide) groups is 1. The van der Waals surface area contributed by atoms with E-state index in [1.807, 2.05) is 6.07 Å². The van der Waals surface area contributed by atoms with Gasteiger partial charge in [-0.15, -0.1) is 10.2 Å². The number of nitrogens with zero attached hydrogens (tertiary/aromatic N) is 3. The summed E-state index contributed by atoms with van der Waals surface area (Å²) in [6, 6.07) is 2.00. The second-order valence-electron chi connectivity index (χ2n) is 3.01. The first-order chi connectivity index (χ1) is 6.22. The molecule has 4 nitrogen and oxygen atoms in total. The maximum absolute atomic E-state index is 8.32. The molecule has 70 valence electrons. The minimum absolute atomic E-state index is 0.351. The molecule has 0 spiro atoms. The van der Waals surface area contributed by atoms with E-state index in [4.69, 9.17) is 9.68 Å².